The van der Waals surface area contributed by atoms with Crippen molar-refractivity contribution in [2.24, 2.45) is 7.05 Å². The molecule has 20 heavy (non-hydrogen) atoms. The Morgan fingerprint density at radius 1 is 1.45 bits per heavy atom. The number of para-hydroxylation sites is 1. The van der Waals surface area contributed by atoms with E-state index in [-0.39, 0.29) is 16.7 Å². The molecule has 0 fully saturated rings. The van der Waals surface area contributed by atoms with Crippen molar-refractivity contribution in [3.63, 3.8) is 0 Å². The highest BCUT2D eigenvalue weighted by atomic mass is 16.6. The molecule has 1 aromatic carbocycles. The van der Waals surface area contributed by atoms with Crippen molar-refractivity contribution in [1.82, 2.24) is 20.1 Å². The van der Waals surface area contributed by atoms with Gasteiger partial charge in [-0.1, -0.05) is 18.2 Å². The SMILES string of the molecule is CC(NCCc1ncn(C)n1)c1ccccc1[N+](=O)[O-]. The lowest BCUT2D eigenvalue weighted by Crippen LogP contribution is -2.22. The number of aryl methyl sites for hydroxylation is 1. The van der Waals surface area contributed by atoms with Crippen molar-refractivity contribution in [2.75, 3.05) is 6.54 Å². The molecule has 2 aromatic rings. The first-order chi connectivity index (χ1) is 9.58. The number of benzene rings is 1. The standard InChI is InChI=1S/C13H17N5O2/c1-10(11-5-3-4-6-12(11)18(19)20)14-8-7-13-15-9-17(2)16-13/h3-6,9-10,14H,7-8H2,1-2H3. The zero-order valence-electron chi connectivity index (χ0n) is 11.5. The van der Waals surface area contributed by atoms with Gasteiger partial charge in [0.05, 0.1) is 4.92 Å². The summed E-state index contributed by atoms with van der Waals surface area (Å²) >= 11 is 0. The van der Waals surface area contributed by atoms with E-state index >= 15 is 0 Å². The first-order valence-corrected chi connectivity index (χ1v) is 6.39. The Kier molecular flexibility index (Phi) is 4.41. The van der Waals surface area contributed by atoms with E-state index in [0.717, 1.165) is 5.82 Å². The average molecular weight is 275 g/mol. The van der Waals surface area contributed by atoms with E-state index < -0.39 is 0 Å². The van der Waals surface area contributed by atoms with E-state index in [1.54, 1.807) is 29.2 Å². The maximum absolute atomic E-state index is 11.0. The summed E-state index contributed by atoms with van der Waals surface area (Å²) in [5, 5.41) is 18.4. The number of hydrogen-bond donors (Lipinski definition) is 1. The van der Waals surface area contributed by atoms with Crippen molar-refractivity contribution in [3.05, 3.63) is 52.1 Å². The lowest BCUT2D eigenvalue weighted by atomic mass is 10.1. The summed E-state index contributed by atoms with van der Waals surface area (Å²) in [6.07, 6.45) is 2.34. The maximum atomic E-state index is 11.0. The van der Waals surface area contributed by atoms with Gasteiger partial charge in [0.1, 0.15) is 6.33 Å². The summed E-state index contributed by atoms with van der Waals surface area (Å²) in [6, 6.07) is 6.68. The Bertz CT molecular complexity index is 596. The molecule has 106 valence electrons. The normalized spacial score (nSPS) is 12.3. The molecule has 0 amide bonds. The van der Waals surface area contributed by atoms with Gasteiger partial charge in [-0.25, -0.2) is 4.98 Å². The number of rotatable bonds is 6. The van der Waals surface area contributed by atoms with Gasteiger partial charge in [-0.2, -0.15) is 5.10 Å². The Morgan fingerprint density at radius 3 is 2.85 bits per heavy atom. The van der Waals surface area contributed by atoms with Crippen LogP contribution in [0.25, 0.3) is 0 Å². The van der Waals surface area contributed by atoms with Crippen molar-refractivity contribution in [3.8, 4) is 0 Å². The van der Waals surface area contributed by atoms with E-state index in [0.29, 0.717) is 18.5 Å². The van der Waals surface area contributed by atoms with Crippen LogP contribution in [0.5, 0.6) is 0 Å². The maximum Gasteiger partial charge on any atom is 0.274 e. The van der Waals surface area contributed by atoms with Gasteiger partial charge in [0.15, 0.2) is 5.82 Å². The largest absolute Gasteiger partial charge is 0.309 e. The van der Waals surface area contributed by atoms with Gasteiger partial charge >= 0.3 is 0 Å². The molecular weight excluding hydrogens is 258 g/mol. The van der Waals surface area contributed by atoms with Crippen LogP contribution in [0.3, 0.4) is 0 Å². The molecule has 0 bridgehead atoms. The van der Waals surface area contributed by atoms with Crippen molar-refractivity contribution in [1.29, 1.82) is 0 Å². The Hall–Kier alpha value is -2.28. The molecule has 0 spiro atoms. The minimum Gasteiger partial charge on any atom is -0.309 e. The summed E-state index contributed by atoms with van der Waals surface area (Å²) in [7, 11) is 1.82. The summed E-state index contributed by atoms with van der Waals surface area (Å²) in [4.78, 5) is 14.8. The predicted octanol–water partition coefficient (Wildman–Crippen LogP) is 1.62. The van der Waals surface area contributed by atoms with Crippen LogP contribution in [-0.4, -0.2) is 26.2 Å². The highest BCUT2D eigenvalue weighted by Crippen LogP contribution is 2.24. The molecule has 1 N–H and O–H groups in total. The van der Waals surface area contributed by atoms with E-state index in [1.807, 2.05) is 14.0 Å². The molecule has 7 nitrogen and oxygen atoms in total. The monoisotopic (exact) mass is 275 g/mol. The molecule has 1 aromatic heterocycles. The molecule has 7 heteroatoms. The van der Waals surface area contributed by atoms with Crippen LogP contribution in [-0.2, 0) is 13.5 Å². The molecule has 1 unspecified atom stereocenters. The second-order valence-corrected chi connectivity index (χ2v) is 4.58. The molecule has 0 aliphatic heterocycles. The van der Waals surface area contributed by atoms with Gasteiger partial charge in [0.2, 0.25) is 0 Å². The van der Waals surface area contributed by atoms with E-state index in [1.165, 1.54) is 6.07 Å². The van der Waals surface area contributed by atoms with Gasteiger partial charge in [0, 0.05) is 37.7 Å². The fourth-order valence-electron chi connectivity index (χ4n) is 2.03. The predicted molar refractivity (Wildman–Crippen MR) is 74.2 cm³/mol. The molecular formula is C13H17N5O2. The van der Waals surface area contributed by atoms with Crippen LogP contribution in [0.2, 0.25) is 0 Å². The van der Waals surface area contributed by atoms with Gasteiger partial charge < -0.3 is 5.32 Å². The lowest BCUT2D eigenvalue weighted by molar-refractivity contribution is -0.385. The molecule has 0 radical (unpaired) electrons. The van der Waals surface area contributed by atoms with Crippen LogP contribution in [0, 0.1) is 10.1 Å². The van der Waals surface area contributed by atoms with Gasteiger partial charge in [-0.05, 0) is 6.92 Å². The second kappa shape index (κ2) is 6.25. The first-order valence-electron chi connectivity index (χ1n) is 6.39. The first kappa shape index (κ1) is 14.1. The molecule has 0 saturated carbocycles. The number of nitro benzene ring substituents is 1. The third-order valence-corrected chi connectivity index (χ3v) is 3.05. The number of hydrogen-bond acceptors (Lipinski definition) is 5. The Labute approximate surface area is 116 Å². The Morgan fingerprint density at radius 2 is 2.20 bits per heavy atom. The summed E-state index contributed by atoms with van der Waals surface area (Å²) in [5.41, 5.74) is 0.829. The van der Waals surface area contributed by atoms with E-state index in [9.17, 15) is 10.1 Å². The van der Waals surface area contributed by atoms with Crippen molar-refractivity contribution in [2.45, 2.75) is 19.4 Å². The fourth-order valence-corrected chi connectivity index (χ4v) is 2.03. The summed E-state index contributed by atoms with van der Waals surface area (Å²) in [6.45, 7) is 2.57. The fraction of sp³-hybridized carbons (Fsp3) is 0.385. The minimum absolute atomic E-state index is 0.0969. The highest BCUT2D eigenvalue weighted by molar-refractivity contribution is 5.41. The van der Waals surface area contributed by atoms with Crippen LogP contribution in [0.1, 0.15) is 24.4 Å². The molecule has 1 atom stereocenters. The molecule has 0 saturated heterocycles. The van der Waals surface area contributed by atoms with Crippen LogP contribution in [0.15, 0.2) is 30.6 Å². The number of nitrogens with zero attached hydrogens (tertiary/aromatic N) is 4. The van der Waals surface area contributed by atoms with Gasteiger partial charge in [-0.15, -0.1) is 0 Å². The summed E-state index contributed by atoms with van der Waals surface area (Å²) in [5.74, 6) is 0.759. The van der Waals surface area contributed by atoms with E-state index in [2.05, 4.69) is 15.4 Å². The minimum atomic E-state index is -0.353. The summed E-state index contributed by atoms with van der Waals surface area (Å²) < 4.78 is 1.65. The third kappa shape index (κ3) is 3.39. The van der Waals surface area contributed by atoms with Crippen molar-refractivity contribution >= 4 is 5.69 Å². The van der Waals surface area contributed by atoms with Crippen LogP contribution < -0.4 is 5.32 Å². The molecule has 2 rings (SSSR count). The van der Waals surface area contributed by atoms with Crippen LogP contribution in [0.4, 0.5) is 5.69 Å². The zero-order chi connectivity index (χ0) is 14.5. The van der Waals surface area contributed by atoms with E-state index in [4.69, 9.17) is 0 Å². The van der Waals surface area contributed by atoms with Gasteiger partial charge in [-0.3, -0.25) is 14.8 Å². The third-order valence-electron chi connectivity index (χ3n) is 3.05. The van der Waals surface area contributed by atoms with Crippen molar-refractivity contribution < 1.29 is 4.92 Å². The number of aromatic nitrogens is 3. The molecule has 0 aliphatic carbocycles. The number of nitrogens with one attached hydrogen (secondary N) is 1. The quantitative estimate of drug-likeness (QED) is 0.639. The zero-order valence-corrected chi connectivity index (χ0v) is 11.5. The number of nitro groups is 1. The second-order valence-electron chi connectivity index (χ2n) is 4.58. The average Bonchev–Trinajstić information content (AvgIpc) is 2.84. The smallest absolute Gasteiger partial charge is 0.274 e. The van der Waals surface area contributed by atoms with Crippen LogP contribution >= 0.6 is 0 Å². The highest BCUT2D eigenvalue weighted by Gasteiger charge is 2.17. The topological polar surface area (TPSA) is 85.9 Å². The lowest BCUT2D eigenvalue weighted by Gasteiger charge is -2.13. The molecule has 0 aliphatic rings. The van der Waals surface area contributed by atoms with Gasteiger partial charge in [0.25, 0.3) is 5.69 Å². The Balaban J connectivity index is 1.95. The molecule has 1 heterocycles.